The summed E-state index contributed by atoms with van der Waals surface area (Å²) in [6.45, 7) is 1.55. The third-order valence-electron chi connectivity index (χ3n) is 6.11. The van der Waals surface area contributed by atoms with E-state index in [4.69, 9.17) is 9.72 Å². The number of hydrogen-bond donors (Lipinski definition) is 1. The molecular weight excluding hydrogens is 514 g/mol. The topological polar surface area (TPSA) is 81.2 Å². The van der Waals surface area contributed by atoms with E-state index in [2.05, 4.69) is 10.3 Å². The molecule has 0 aliphatic heterocycles. The molecule has 0 radical (unpaired) electrons. The zero-order valence-corrected chi connectivity index (χ0v) is 21.9. The standard InChI is InChI=1S/C30H21N3O3S2/c1-18(27(34)33-30-32-24(17-37-30)19-9-3-2-4-10-19)36-29(35)22-14-8-12-20-11-7-13-21(26(20)22)28-31-23-15-5-6-16-25(23)38-28/h2-18H,1H3,(H,32,33,34). The molecule has 4 aromatic carbocycles. The van der Waals surface area contributed by atoms with E-state index in [1.54, 1.807) is 24.3 Å². The van der Waals surface area contributed by atoms with E-state index < -0.39 is 18.0 Å². The number of carbonyl (C=O) groups is 2. The number of aromatic nitrogens is 2. The molecule has 0 spiro atoms. The monoisotopic (exact) mass is 535 g/mol. The molecule has 0 bridgehead atoms. The molecule has 186 valence electrons. The van der Waals surface area contributed by atoms with Gasteiger partial charge in [-0.05, 0) is 30.5 Å². The van der Waals surface area contributed by atoms with Gasteiger partial charge in [0.25, 0.3) is 5.91 Å². The first-order valence-corrected chi connectivity index (χ1v) is 13.7. The Labute approximate surface area is 226 Å². The Kier molecular flexibility index (Phi) is 6.41. The molecule has 1 unspecified atom stereocenters. The first-order valence-electron chi connectivity index (χ1n) is 12.0. The number of nitrogens with one attached hydrogen (secondary N) is 1. The Balaban J connectivity index is 1.24. The normalized spacial score (nSPS) is 11.9. The minimum Gasteiger partial charge on any atom is -0.449 e. The number of thiazole rings is 2. The van der Waals surface area contributed by atoms with Crippen LogP contribution < -0.4 is 5.32 Å². The van der Waals surface area contributed by atoms with Gasteiger partial charge in [-0.2, -0.15) is 0 Å². The van der Waals surface area contributed by atoms with Crippen LogP contribution in [0, 0.1) is 0 Å². The van der Waals surface area contributed by atoms with Crippen LogP contribution in [0.5, 0.6) is 0 Å². The van der Waals surface area contributed by atoms with Crippen molar-refractivity contribution in [2.75, 3.05) is 5.32 Å². The van der Waals surface area contributed by atoms with Crippen molar-refractivity contribution < 1.29 is 14.3 Å². The van der Waals surface area contributed by atoms with E-state index in [9.17, 15) is 9.59 Å². The van der Waals surface area contributed by atoms with Crippen LogP contribution in [-0.2, 0) is 9.53 Å². The van der Waals surface area contributed by atoms with Crippen molar-refractivity contribution in [3.63, 3.8) is 0 Å². The molecule has 0 saturated carbocycles. The lowest BCUT2D eigenvalue weighted by molar-refractivity contribution is -0.123. The molecule has 0 aliphatic carbocycles. The molecule has 6 rings (SSSR count). The highest BCUT2D eigenvalue weighted by molar-refractivity contribution is 7.21. The predicted molar refractivity (Wildman–Crippen MR) is 154 cm³/mol. The van der Waals surface area contributed by atoms with Gasteiger partial charge in [-0.3, -0.25) is 10.1 Å². The van der Waals surface area contributed by atoms with Crippen LogP contribution in [0.25, 0.3) is 42.8 Å². The van der Waals surface area contributed by atoms with Crippen LogP contribution in [0.2, 0.25) is 0 Å². The number of para-hydroxylation sites is 1. The lowest BCUT2D eigenvalue weighted by atomic mass is 9.99. The van der Waals surface area contributed by atoms with Crippen molar-refractivity contribution in [1.82, 2.24) is 9.97 Å². The minimum atomic E-state index is -1.02. The van der Waals surface area contributed by atoms with Crippen LogP contribution in [0.4, 0.5) is 5.13 Å². The number of benzene rings is 4. The second kappa shape index (κ2) is 10.2. The summed E-state index contributed by atoms with van der Waals surface area (Å²) in [5, 5.41) is 7.54. The molecule has 1 atom stereocenters. The highest BCUT2D eigenvalue weighted by Gasteiger charge is 2.23. The highest BCUT2D eigenvalue weighted by Crippen LogP contribution is 2.36. The fourth-order valence-corrected chi connectivity index (χ4v) is 5.95. The summed E-state index contributed by atoms with van der Waals surface area (Å²) in [5.41, 5.74) is 3.88. The van der Waals surface area contributed by atoms with Crippen LogP contribution in [0.3, 0.4) is 0 Å². The average molecular weight is 536 g/mol. The van der Waals surface area contributed by atoms with Gasteiger partial charge in [0.05, 0.1) is 21.5 Å². The number of amides is 1. The van der Waals surface area contributed by atoms with E-state index in [-0.39, 0.29) is 0 Å². The van der Waals surface area contributed by atoms with Crippen molar-refractivity contribution in [2.24, 2.45) is 0 Å². The zero-order chi connectivity index (χ0) is 26.1. The van der Waals surface area contributed by atoms with E-state index >= 15 is 0 Å². The molecule has 38 heavy (non-hydrogen) atoms. The summed E-state index contributed by atoms with van der Waals surface area (Å²) in [4.78, 5) is 35.5. The predicted octanol–water partition coefficient (Wildman–Crippen LogP) is 7.42. The Morgan fingerprint density at radius 1 is 0.868 bits per heavy atom. The summed E-state index contributed by atoms with van der Waals surface area (Å²) in [6, 6.07) is 29.0. The average Bonchev–Trinajstić information content (AvgIpc) is 3.60. The Morgan fingerprint density at radius 3 is 2.45 bits per heavy atom. The van der Waals surface area contributed by atoms with Gasteiger partial charge in [-0.1, -0.05) is 72.8 Å². The summed E-state index contributed by atoms with van der Waals surface area (Å²) in [5.74, 6) is -1.02. The van der Waals surface area contributed by atoms with Crippen molar-refractivity contribution in [3.05, 3.63) is 102 Å². The molecule has 8 heteroatoms. The first-order chi connectivity index (χ1) is 18.6. The molecule has 6 aromatic rings. The maximum atomic E-state index is 13.3. The molecular formula is C30H21N3O3S2. The number of hydrogen-bond acceptors (Lipinski definition) is 7. The van der Waals surface area contributed by atoms with E-state index in [1.165, 1.54) is 11.3 Å². The maximum absolute atomic E-state index is 13.3. The maximum Gasteiger partial charge on any atom is 0.339 e. The Hall–Kier alpha value is -4.40. The fraction of sp³-hybridized carbons (Fsp3) is 0.0667. The Morgan fingerprint density at radius 2 is 1.63 bits per heavy atom. The third-order valence-corrected chi connectivity index (χ3v) is 7.93. The SMILES string of the molecule is CC(OC(=O)c1cccc2cccc(-c3nc4ccccc4s3)c12)C(=O)Nc1nc(-c2ccccc2)cs1. The third kappa shape index (κ3) is 4.67. The summed E-state index contributed by atoms with van der Waals surface area (Å²) >= 11 is 2.89. The lowest BCUT2D eigenvalue weighted by Gasteiger charge is -2.14. The van der Waals surface area contributed by atoms with E-state index in [0.29, 0.717) is 10.7 Å². The number of nitrogens with zero attached hydrogens (tertiary/aromatic N) is 2. The van der Waals surface area contributed by atoms with Crippen LogP contribution in [-0.4, -0.2) is 27.9 Å². The number of rotatable bonds is 6. The van der Waals surface area contributed by atoms with Crippen LogP contribution in [0.1, 0.15) is 17.3 Å². The molecule has 2 aromatic heterocycles. The molecule has 0 fully saturated rings. The second-order valence-electron chi connectivity index (χ2n) is 8.64. The fourth-order valence-electron chi connectivity index (χ4n) is 4.23. The second-order valence-corrected chi connectivity index (χ2v) is 10.5. The van der Waals surface area contributed by atoms with Gasteiger partial charge in [0.1, 0.15) is 5.01 Å². The largest absolute Gasteiger partial charge is 0.449 e. The van der Waals surface area contributed by atoms with Crippen molar-refractivity contribution >= 4 is 60.7 Å². The molecule has 6 nitrogen and oxygen atoms in total. The van der Waals surface area contributed by atoms with Crippen molar-refractivity contribution in [2.45, 2.75) is 13.0 Å². The Bertz CT molecular complexity index is 1750. The van der Waals surface area contributed by atoms with E-state index in [1.807, 2.05) is 90.3 Å². The summed E-state index contributed by atoms with van der Waals surface area (Å²) < 4.78 is 6.70. The number of fused-ring (bicyclic) bond motifs is 2. The number of esters is 1. The lowest BCUT2D eigenvalue weighted by Crippen LogP contribution is -2.30. The highest BCUT2D eigenvalue weighted by atomic mass is 32.1. The van der Waals surface area contributed by atoms with Gasteiger partial charge in [0.2, 0.25) is 0 Å². The van der Waals surface area contributed by atoms with Gasteiger partial charge in [0.15, 0.2) is 11.2 Å². The van der Waals surface area contributed by atoms with Crippen molar-refractivity contribution in [3.8, 4) is 21.8 Å². The van der Waals surface area contributed by atoms with Gasteiger partial charge in [-0.15, -0.1) is 22.7 Å². The molecule has 1 amide bonds. The quantitative estimate of drug-likeness (QED) is 0.224. The van der Waals surface area contributed by atoms with Crippen molar-refractivity contribution in [1.29, 1.82) is 0 Å². The van der Waals surface area contributed by atoms with E-state index in [0.717, 1.165) is 42.8 Å². The summed E-state index contributed by atoms with van der Waals surface area (Å²) in [6.07, 6.45) is -1.02. The molecule has 1 N–H and O–H groups in total. The van der Waals surface area contributed by atoms with Gasteiger partial charge < -0.3 is 4.74 Å². The molecule has 2 heterocycles. The minimum absolute atomic E-state index is 0.387. The molecule has 0 aliphatic rings. The van der Waals surface area contributed by atoms with Crippen LogP contribution in [0.15, 0.2) is 96.4 Å². The summed E-state index contributed by atoms with van der Waals surface area (Å²) in [7, 11) is 0. The van der Waals surface area contributed by atoms with Gasteiger partial charge >= 0.3 is 5.97 Å². The first kappa shape index (κ1) is 24.0. The van der Waals surface area contributed by atoms with Gasteiger partial charge in [0, 0.05) is 21.9 Å². The zero-order valence-electron chi connectivity index (χ0n) is 20.3. The number of anilines is 1. The number of carbonyl (C=O) groups excluding carboxylic acids is 2. The molecule has 0 saturated heterocycles. The van der Waals surface area contributed by atoms with Gasteiger partial charge in [-0.25, -0.2) is 14.8 Å². The smallest absolute Gasteiger partial charge is 0.339 e. The van der Waals surface area contributed by atoms with Crippen LogP contribution >= 0.6 is 22.7 Å². The number of ether oxygens (including phenoxy) is 1.